The second-order valence-electron chi connectivity index (χ2n) is 5.72. The number of nitrogens with zero attached hydrogens (tertiary/aromatic N) is 4. The summed E-state index contributed by atoms with van der Waals surface area (Å²) < 4.78 is 41.6. The lowest BCUT2D eigenvalue weighted by Crippen LogP contribution is -2.44. The minimum atomic E-state index is -4.51. The molecular weight excluding hydrogens is 376 g/mol. The fourth-order valence-corrected chi connectivity index (χ4v) is 2.28. The van der Waals surface area contributed by atoms with Gasteiger partial charge in [0.15, 0.2) is 14.5 Å². The fourth-order valence-electron chi connectivity index (χ4n) is 2.28. The standard InChI is InChI=1S/C17H12BF3N4O3/c18-17(27,12-4-2-1-3-5-12)25-14(26)7-6-13(24-25)11-8-22-15(23-9-11)28-10-16(19,20)21/h1-9,27H,10H2. The zero-order chi connectivity index (χ0) is 20.4. The number of rotatable bonds is 5. The average molecular weight is 388 g/mol. The third-order valence-electron chi connectivity index (χ3n) is 3.61. The quantitative estimate of drug-likeness (QED) is 0.666. The Balaban J connectivity index is 1.90. The number of alkyl halides is 3. The van der Waals surface area contributed by atoms with Crippen molar-refractivity contribution in [3.63, 3.8) is 0 Å². The van der Waals surface area contributed by atoms with Crippen molar-refractivity contribution in [3.05, 3.63) is 70.8 Å². The Bertz CT molecular complexity index is 1010. The Morgan fingerprint density at radius 1 is 1.07 bits per heavy atom. The molecule has 1 atom stereocenters. The molecule has 142 valence electrons. The molecule has 2 aromatic heterocycles. The summed E-state index contributed by atoms with van der Waals surface area (Å²) >= 11 is 0. The summed E-state index contributed by atoms with van der Waals surface area (Å²) in [6, 6.07) is 10.0. The van der Waals surface area contributed by atoms with Crippen molar-refractivity contribution in [2.75, 3.05) is 6.61 Å². The second kappa shape index (κ2) is 7.43. The maximum atomic E-state index is 12.2. The van der Waals surface area contributed by atoms with E-state index in [1.54, 1.807) is 18.2 Å². The van der Waals surface area contributed by atoms with E-state index < -0.39 is 30.0 Å². The van der Waals surface area contributed by atoms with Crippen molar-refractivity contribution in [2.45, 2.75) is 11.8 Å². The summed E-state index contributed by atoms with van der Waals surface area (Å²) in [7, 11) is 5.91. The van der Waals surface area contributed by atoms with Gasteiger partial charge in [-0.1, -0.05) is 30.3 Å². The van der Waals surface area contributed by atoms with Gasteiger partial charge in [0.1, 0.15) is 5.62 Å². The van der Waals surface area contributed by atoms with Crippen LogP contribution in [0.1, 0.15) is 5.56 Å². The van der Waals surface area contributed by atoms with E-state index in [4.69, 9.17) is 7.85 Å². The fraction of sp³-hybridized carbons (Fsp3) is 0.176. The van der Waals surface area contributed by atoms with Crippen LogP contribution in [-0.4, -0.2) is 45.5 Å². The zero-order valence-corrected chi connectivity index (χ0v) is 14.2. The highest BCUT2D eigenvalue weighted by molar-refractivity contribution is 6.14. The van der Waals surface area contributed by atoms with Crippen LogP contribution in [0, 0.1) is 0 Å². The zero-order valence-electron chi connectivity index (χ0n) is 14.2. The molecule has 3 aromatic rings. The van der Waals surface area contributed by atoms with Crippen molar-refractivity contribution in [1.29, 1.82) is 0 Å². The topological polar surface area (TPSA) is 90.1 Å². The Morgan fingerprint density at radius 3 is 2.32 bits per heavy atom. The first-order valence-electron chi connectivity index (χ1n) is 7.86. The van der Waals surface area contributed by atoms with E-state index in [2.05, 4.69) is 19.8 Å². The summed E-state index contributed by atoms with van der Waals surface area (Å²) in [5.74, 6) is 0. The molecule has 0 saturated carbocycles. The molecule has 2 radical (unpaired) electrons. The van der Waals surface area contributed by atoms with E-state index in [1.807, 2.05) is 0 Å². The van der Waals surface area contributed by atoms with Crippen LogP contribution in [0.4, 0.5) is 13.2 Å². The number of aliphatic hydroxyl groups is 1. The molecule has 1 unspecified atom stereocenters. The lowest BCUT2D eigenvalue weighted by molar-refractivity contribution is -0.154. The van der Waals surface area contributed by atoms with Gasteiger partial charge in [-0.05, 0) is 11.6 Å². The minimum absolute atomic E-state index is 0.168. The minimum Gasteiger partial charge on any atom is -0.454 e. The molecule has 2 heterocycles. The first-order chi connectivity index (χ1) is 13.2. The van der Waals surface area contributed by atoms with Gasteiger partial charge in [0, 0.05) is 24.0 Å². The van der Waals surface area contributed by atoms with Crippen molar-refractivity contribution in [3.8, 4) is 17.3 Å². The molecule has 0 aliphatic carbocycles. The van der Waals surface area contributed by atoms with Gasteiger partial charge in [0.2, 0.25) is 0 Å². The lowest BCUT2D eigenvalue weighted by Gasteiger charge is -2.26. The highest BCUT2D eigenvalue weighted by Crippen LogP contribution is 2.21. The van der Waals surface area contributed by atoms with Crippen molar-refractivity contribution < 1.29 is 23.0 Å². The molecule has 0 bridgehead atoms. The Labute approximate surface area is 157 Å². The molecular formula is C17H12BF3N4O3. The molecule has 3 rings (SSSR count). The summed E-state index contributed by atoms with van der Waals surface area (Å²) in [6.07, 6.45) is -2.16. The highest BCUT2D eigenvalue weighted by atomic mass is 19.4. The number of benzene rings is 1. The smallest absolute Gasteiger partial charge is 0.422 e. The lowest BCUT2D eigenvalue weighted by atomic mass is 9.84. The first-order valence-corrected chi connectivity index (χ1v) is 7.86. The summed E-state index contributed by atoms with van der Waals surface area (Å²) in [6.45, 7) is -1.52. The molecule has 28 heavy (non-hydrogen) atoms. The van der Waals surface area contributed by atoms with Gasteiger partial charge in [-0.15, -0.1) is 0 Å². The molecule has 1 N–H and O–H groups in total. The van der Waals surface area contributed by atoms with E-state index in [1.165, 1.54) is 30.6 Å². The Kier molecular flexibility index (Phi) is 5.19. The van der Waals surface area contributed by atoms with Gasteiger partial charge in [-0.25, -0.2) is 14.6 Å². The van der Waals surface area contributed by atoms with Crippen LogP contribution >= 0.6 is 0 Å². The van der Waals surface area contributed by atoms with Gasteiger partial charge in [0.05, 0.1) is 5.69 Å². The molecule has 11 heteroatoms. The van der Waals surface area contributed by atoms with Gasteiger partial charge < -0.3 is 9.84 Å². The number of ether oxygens (including phenoxy) is 1. The number of aromatic nitrogens is 4. The monoisotopic (exact) mass is 388 g/mol. The predicted molar refractivity (Wildman–Crippen MR) is 92.6 cm³/mol. The van der Waals surface area contributed by atoms with Gasteiger partial charge in [-0.2, -0.15) is 18.3 Å². The van der Waals surface area contributed by atoms with Crippen LogP contribution in [0.5, 0.6) is 6.01 Å². The van der Waals surface area contributed by atoms with Gasteiger partial charge in [0.25, 0.3) is 5.56 Å². The molecule has 0 amide bonds. The van der Waals surface area contributed by atoms with Crippen LogP contribution in [0.25, 0.3) is 11.3 Å². The van der Waals surface area contributed by atoms with E-state index in [0.29, 0.717) is 4.68 Å². The molecule has 0 saturated heterocycles. The average Bonchev–Trinajstić information content (AvgIpc) is 2.67. The number of halogens is 3. The molecule has 0 fully saturated rings. The van der Waals surface area contributed by atoms with Gasteiger partial charge >= 0.3 is 12.2 Å². The first kappa shape index (κ1) is 19.6. The van der Waals surface area contributed by atoms with Crippen LogP contribution < -0.4 is 10.3 Å². The van der Waals surface area contributed by atoms with Crippen LogP contribution in [0.15, 0.2) is 59.7 Å². The highest BCUT2D eigenvalue weighted by Gasteiger charge is 2.29. The summed E-state index contributed by atoms with van der Waals surface area (Å²) in [5, 5.41) is 14.7. The maximum Gasteiger partial charge on any atom is 0.422 e. The van der Waals surface area contributed by atoms with Crippen LogP contribution in [-0.2, 0) is 5.62 Å². The van der Waals surface area contributed by atoms with Crippen LogP contribution in [0.2, 0.25) is 0 Å². The number of hydrogen-bond donors (Lipinski definition) is 1. The summed E-state index contributed by atoms with van der Waals surface area (Å²) in [5.41, 5.74) is -2.21. The van der Waals surface area contributed by atoms with Crippen molar-refractivity contribution in [1.82, 2.24) is 19.7 Å². The van der Waals surface area contributed by atoms with Crippen LogP contribution in [0.3, 0.4) is 0 Å². The third-order valence-corrected chi connectivity index (χ3v) is 3.61. The Hall–Kier alpha value is -3.21. The van der Waals surface area contributed by atoms with E-state index in [0.717, 1.165) is 6.07 Å². The van der Waals surface area contributed by atoms with Crippen molar-refractivity contribution in [2.24, 2.45) is 0 Å². The third kappa shape index (κ3) is 4.37. The normalized spacial score (nSPS) is 13.7. The summed E-state index contributed by atoms with van der Waals surface area (Å²) in [4.78, 5) is 19.5. The van der Waals surface area contributed by atoms with Crippen molar-refractivity contribution >= 4 is 7.85 Å². The van der Waals surface area contributed by atoms with E-state index in [-0.39, 0.29) is 16.8 Å². The molecule has 0 aliphatic rings. The molecule has 0 spiro atoms. The molecule has 0 aliphatic heterocycles. The SMILES string of the molecule is [B]C(O)(c1ccccc1)n1nc(-c2cnc(OCC(F)(F)F)nc2)ccc1=O. The largest absolute Gasteiger partial charge is 0.454 e. The Morgan fingerprint density at radius 2 is 1.71 bits per heavy atom. The predicted octanol–water partition coefficient (Wildman–Crippen LogP) is 1.46. The van der Waals surface area contributed by atoms with Gasteiger partial charge in [-0.3, -0.25) is 4.79 Å². The van der Waals surface area contributed by atoms with E-state index >= 15 is 0 Å². The molecule has 7 nitrogen and oxygen atoms in total. The second-order valence-corrected chi connectivity index (χ2v) is 5.72. The van der Waals surface area contributed by atoms with E-state index in [9.17, 15) is 23.1 Å². The number of hydrogen-bond acceptors (Lipinski definition) is 6. The molecule has 1 aromatic carbocycles. The maximum absolute atomic E-state index is 12.2.